The number of rotatable bonds is 5. The lowest BCUT2D eigenvalue weighted by molar-refractivity contribution is -0.275. The lowest BCUT2D eigenvalue weighted by Crippen LogP contribution is -2.55. The first-order valence-corrected chi connectivity index (χ1v) is 8.79. The van der Waals surface area contributed by atoms with Crippen molar-refractivity contribution in [1.82, 2.24) is 24.6 Å². The fraction of sp³-hybridized carbons (Fsp3) is 0.444. The van der Waals surface area contributed by atoms with E-state index in [4.69, 9.17) is 9.47 Å². The molecule has 3 aromatic rings. The zero-order valence-corrected chi connectivity index (χ0v) is 15.3. The molecule has 7 nitrogen and oxygen atoms in total. The molecule has 28 heavy (non-hydrogen) atoms. The molecule has 0 N–H and O–H groups in total. The number of hydrogen-bond acceptors (Lipinski definition) is 6. The molecule has 1 fully saturated rings. The summed E-state index contributed by atoms with van der Waals surface area (Å²) in [6.07, 6.45) is 0.449. The third kappa shape index (κ3) is 3.07. The molecule has 0 saturated heterocycles. The van der Waals surface area contributed by atoms with Crippen molar-refractivity contribution in [2.75, 3.05) is 7.11 Å². The van der Waals surface area contributed by atoms with Gasteiger partial charge in [0.2, 0.25) is 11.5 Å². The van der Waals surface area contributed by atoms with E-state index in [1.165, 1.54) is 12.3 Å². The van der Waals surface area contributed by atoms with E-state index in [1.807, 2.05) is 6.92 Å². The van der Waals surface area contributed by atoms with Crippen molar-refractivity contribution in [3.05, 3.63) is 36.5 Å². The molecule has 1 aliphatic rings. The first-order valence-electron chi connectivity index (χ1n) is 8.79. The van der Waals surface area contributed by atoms with Crippen molar-refractivity contribution in [2.24, 2.45) is 0 Å². The van der Waals surface area contributed by atoms with Crippen LogP contribution in [-0.2, 0) is 4.74 Å². The molecule has 0 bridgehead atoms. The largest absolute Gasteiger partial charge is 0.461 e. The number of nitrogens with zero attached hydrogens (tertiary/aromatic N) is 5. The SMILES string of the molecule is COC(C)c1nnc2cnc(-c3ccc(OC4(C(F)(F)F)CCC4)nc3)cn12. The Kier molecular flexibility index (Phi) is 4.45. The van der Waals surface area contributed by atoms with Gasteiger partial charge in [0.05, 0.1) is 11.9 Å². The minimum Gasteiger partial charge on any atom is -0.461 e. The second-order valence-corrected chi connectivity index (χ2v) is 6.77. The molecule has 1 unspecified atom stereocenters. The average Bonchev–Trinajstić information content (AvgIpc) is 3.06. The van der Waals surface area contributed by atoms with Crippen LogP contribution in [0.1, 0.15) is 38.1 Å². The van der Waals surface area contributed by atoms with Crippen molar-refractivity contribution in [3.63, 3.8) is 0 Å². The summed E-state index contributed by atoms with van der Waals surface area (Å²) in [7, 11) is 1.58. The average molecular weight is 393 g/mol. The maximum atomic E-state index is 13.2. The van der Waals surface area contributed by atoms with E-state index in [0.29, 0.717) is 29.1 Å². The standard InChI is InChI=1S/C18H18F3N5O2/c1-11(27-2)16-25-24-14-9-22-13(10-26(14)16)12-4-5-15(23-8-12)28-17(6-3-7-17)18(19,20)21/h4-5,8-11H,3,6-7H2,1-2H3. The Balaban J connectivity index is 1.60. The van der Waals surface area contributed by atoms with Crippen molar-refractivity contribution in [3.8, 4) is 17.1 Å². The van der Waals surface area contributed by atoms with E-state index in [9.17, 15) is 13.2 Å². The Hall–Kier alpha value is -2.75. The topological polar surface area (TPSA) is 74.4 Å². The van der Waals surface area contributed by atoms with Gasteiger partial charge in [-0.2, -0.15) is 13.2 Å². The van der Waals surface area contributed by atoms with Gasteiger partial charge in [0.15, 0.2) is 11.5 Å². The maximum absolute atomic E-state index is 13.2. The molecule has 1 atom stereocenters. The van der Waals surface area contributed by atoms with Crippen LogP contribution in [0.3, 0.4) is 0 Å². The number of hydrogen-bond donors (Lipinski definition) is 0. The van der Waals surface area contributed by atoms with Crippen molar-refractivity contribution in [2.45, 2.75) is 44.1 Å². The third-order valence-electron chi connectivity index (χ3n) is 5.05. The van der Waals surface area contributed by atoms with E-state index in [0.717, 1.165) is 0 Å². The van der Waals surface area contributed by atoms with Gasteiger partial charge in [0, 0.05) is 31.1 Å². The Labute approximate surface area is 158 Å². The lowest BCUT2D eigenvalue weighted by Gasteiger charge is -2.42. The van der Waals surface area contributed by atoms with Crippen LogP contribution in [0, 0.1) is 0 Å². The fourth-order valence-corrected chi connectivity index (χ4v) is 3.08. The molecule has 3 aromatic heterocycles. The number of aromatic nitrogens is 5. The molecular weight excluding hydrogens is 375 g/mol. The molecule has 1 saturated carbocycles. The highest BCUT2D eigenvalue weighted by atomic mass is 19.4. The predicted octanol–water partition coefficient (Wildman–Crippen LogP) is 3.76. The van der Waals surface area contributed by atoms with Gasteiger partial charge >= 0.3 is 6.18 Å². The Morgan fingerprint density at radius 3 is 2.50 bits per heavy atom. The summed E-state index contributed by atoms with van der Waals surface area (Å²) < 4.78 is 52.0. The van der Waals surface area contributed by atoms with Crippen LogP contribution in [0.25, 0.3) is 16.9 Å². The van der Waals surface area contributed by atoms with Crippen LogP contribution < -0.4 is 4.74 Å². The fourth-order valence-electron chi connectivity index (χ4n) is 3.08. The molecule has 148 valence electrons. The van der Waals surface area contributed by atoms with Gasteiger partial charge in [0.25, 0.3) is 0 Å². The van der Waals surface area contributed by atoms with Crippen LogP contribution in [-0.4, -0.2) is 43.5 Å². The number of alkyl halides is 3. The smallest absolute Gasteiger partial charge is 0.428 e. The minimum atomic E-state index is -4.42. The maximum Gasteiger partial charge on any atom is 0.428 e. The van der Waals surface area contributed by atoms with Crippen LogP contribution in [0.15, 0.2) is 30.7 Å². The molecule has 0 aliphatic heterocycles. The monoisotopic (exact) mass is 393 g/mol. The second-order valence-electron chi connectivity index (χ2n) is 6.77. The van der Waals surface area contributed by atoms with Gasteiger partial charge in [-0.25, -0.2) is 4.98 Å². The van der Waals surface area contributed by atoms with Crippen LogP contribution in [0.2, 0.25) is 0 Å². The Morgan fingerprint density at radius 2 is 1.93 bits per heavy atom. The second kappa shape index (κ2) is 6.69. The number of methoxy groups -OCH3 is 1. The third-order valence-corrected chi connectivity index (χ3v) is 5.05. The lowest BCUT2D eigenvalue weighted by atomic mass is 9.79. The number of ether oxygens (including phenoxy) is 2. The van der Waals surface area contributed by atoms with Crippen molar-refractivity contribution in [1.29, 1.82) is 0 Å². The molecule has 0 amide bonds. The highest BCUT2D eigenvalue weighted by Gasteiger charge is 2.61. The van der Waals surface area contributed by atoms with Gasteiger partial charge in [-0.05, 0) is 32.3 Å². The molecule has 10 heteroatoms. The van der Waals surface area contributed by atoms with E-state index >= 15 is 0 Å². The van der Waals surface area contributed by atoms with E-state index in [1.54, 1.807) is 30.0 Å². The van der Waals surface area contributed by atoms with E-state index < -0.39 is 11.8 Å². The normalized spacial score (nSPS) is 17.3. The zero-order valence-electron chi connectivity index (χ0n) is 15.3. The van der Waals surface area contributed by atoms with Gasteiger partial charge in [-0.15, -0.1) is 10.2 Å². The first kappa shape index (κ1) is 18.6. The number of halogens is 3. The molecule has 0 spiro atoms. The van der Waals surface area contributed by atoms with Crippen LogP contribution in [0.4, 0.5) is 13.2 Å². The summed E-state index contributed by atoms with van der Waals surface area (Å²) in [5.41, 5.74) is -0.349. The quantitative estimate of drug-likeness (QED) is 0.657. The van der Waals surface area contributed by atoms with Crippen molar-refractivity contribution >= 4 is 5.65 Å². The van der Waals surface area contributed by atoms with E-state index in [2.05, 4.69) is 20.2 Å². The minimum absolute atomic E-state index is 0.0494. The van der Waals surface area contributed by atoms with Crippen molar-refractivity contribution < 1.29 is 22.6 Å². The predicted molar refractivity (Wildman–Crippen MR) is 92.7 cm³/mol. The van der Waals surface area contributed by atoms with Gasteiger partial charge in [0.1, 0.15) is 6.10 Å². The summed E-state index contributed by atoms with van der Waals surface area (Å²) in [6, 6.07) is 3.06. The molecule has 0 aromatic carbocycles. The highest BCUT2D eigenvalue weighted by Crippen LogP contribution is 2.48. The molecule has 0 radical (unpaired) electrons. The molecular formula is C18H18F3N5O2. The summed E-state index contributed by atoms with van der Waals surface area (Å²) >= 11 is 0. The molecule has 4 rings (SSSR count). The van der Waals surface area contributed by atoms with Gasteiger partial charge < -0.3 is 9.47 Å². The van der Waals surface area contributed by atoms with Gasteiger partial charge in [-0.3, -0.25) is 9.38 Å². The zero-order chi connectivity index (χ0) is 19.9. The number of fused-ring (bicyclic) bond motifs is 1. The van der Waals surface area contributed by atoms with Gasteiger partial charge in [-0.1, -0.05) is 0 Å². The molecule has 3 heterocycles. The van der Waals surface area contributed by atoms with Crippen LogP contribution >= 0.6 is 0 Å². The summed E-state index contributed by atoms with van der Waals surface area (Å²) in [4.78, 5) is 8.37. The summed E-state index contributed by atoms with van der Waals surface area (Å²) in [5.74, 6) is 0.561. The summed E-state index contributed by atoms with van der Waals surface area (Å²) in [5, 5.41) is 8.14. The first-order chi connectivity index (χ1) is 13.3. The molecule has 1 aliphatic carbocycles. The summed E-state index contributed by atoms with van der Waals surface area (Å²) in [6.45, 7) is 1.85. The number of pyridine rings is 1. The Bertz CT molecular complexity index is 983. The highest BCUT2D eigenvalue weighted by molar-refractivity contribution is 5.59. The van der Waals surface area contributed by atoms with E-state index in [-0.39, 0.29) is 24.8 Å². The Morgan fingerprint density at radius 1 is 1.14 bits per heavy atom. The van der Waals surface area contributed by atoms with Crippen LogP contribution in [0.5, 0.6) is 5.88 Å².